The maximum atomic E-state index is 12.6. The maximum absolute atomic E-state index is 12.6. The summed E-state index contributed by atoms with van der Waals surface area (Å²) >= 11 is 4.85. The lowest BCUT2D eigenvalue weighted by atomic mass is 10.2. The second-order valence-corrected chi connectivity index (χ2v) is 7.85. The molecule has 0 saturated heterocycles. The lowest BCUT2D eigenvalue weighted by molar-refractivity contribution is -0.114. The summed E-state index contributed by atoms with van der Waals surface area (Å²) in [4.78, 5) is 25.6. The van der Waals surface area contributed by atoms with Crippen molar-refractivity contribution in [1.29, 1.82) is 0 Å². The first-order chi connectivity index (χ1) is 12.4. The van der Waals surface area contributed by atoms with Gasteiger partial charge in [-0.2, -0.15) is 0 Å². The van der Waals surface area contributed by atoms with Gasteiger partial charge in [-0.3, -0.25) is 9.59 Å². The summed E-state index contributed by atoms with van der Waals surface area (Å²) in [5, 5.41) is 5.64. The first-order valence-electron chi connectivity index (χ1n) is 7.98. The fourth-order valence-corrected chi connectivity index (χ4v) is 3.64. The average Bonchev–Trinajstić information content (AvgIpc) is 3.08. The molecule has 26 heavy (non-hydrogen) atoms. The highest BCUT2D eigenvalue weighted by Gasteiger charge is 2.13. The molecule has 0 atom stereocenters. The number of halogens is 1. The van der Waals surface area contributed by atoms with E-state index in [4.69, 9.17) is 0 Å². The lowest BCUT2D eigenvalue weighted by Gasteiger charge is -2.11. The Bertz CT molecular complexity index is 964. The first kappa shape index (κ1) is 18.4. The number of amides is 2. The van der Waals surface area contributed by atoms with E-state index in [-0.39, 0.29) is 11.8 Å². The molecule has 0 aliphatic heterocycles. The number of carbonyl (C=O) groups excluding carboxylic acids is 2. The highest BCUT2D eigenvalue weighted by molar-refractivity contribution is 9.10. The molecule has 0 fully saturated rings. The summed E-state index contributed by atoms with van der Waals surface area (Å²) in [6.07, 6.45) is 0. The number of carbonyl (C=O) groups is 2. The van der Waals surface area contributed by atoms with Crippen LogP contribution in [-0.4, -0.2) is 11.8 Å². The number of rotatable bonds is 4. The molecule has 6 heteroatoms. The molecule has 3 rings (SSSR count). The molecule has 3 aromatic rings. The van der Waals surface area contributed by atoms with Crippen LogP contribution in [0.15, 0.2) is 59.1 Å². The van der Waals surface area contributed by atoms with Gasteiger partial charge in [-0.15, -0.1) is 11.3 Å². The van der Waals surface area contributed by atoms with Crippen LogP contribution in [0.2, 0.25) is 0 Å². The Balaban J connectivity index is 1.82. The van der Waals surface area contributed by atoms with Crippen LogP contribution in [0.3, 0.4) is 0 Å². The molecule has 2 amide bonds. The topological polar surface area (TPSA) is 58.2 Å². The molecular weight excluding hydrogens is 412 g/mol. The smallest absolute Gasteiger partial charge is 0.265 e. The summed E-state index contributed by atoms with van der Waals surface area (Å²) < 4.78 is 1.01. The minimum atomic E-state index is -0.199. The van der Waals surface area contributed by atoms with Gasteiger partial charge in [0.05, 0.1) is 16.3 Å². The van der Waals surface area contributed by atoms with Gasteiger partial charge in [0.1, 0.15) is 0 Å². The van der Waals surface area contributed by atoms with Crippen molar-refractivity contribution in [3.8, 4) is 10.4 Å². The fourth-order valence-electron chi connectivity index (χ4n) is 2.47. The zero-order valence-corrected chi connectivity index (χ0v) is 16.7. The van der Waals surface area contributed by atoms with E-state index in [9.17, 15) is 9.59 Å². The molecule has 0 aliphatic rings. The van der Waals surface area contributed by atoms with Gasteiger partial charge in [0.25, 0.3) is 5.91 Å². The van der Waals surface area contributed by atoms with Gasteiger partial charge in [0.2, 0.25) is 5.91 Å². The van der Waals surface area contributed by atoms with Crippen molar-refractivity contribution in [2.24, 2.45) is 0 Å². The standard InChI is InChI=1S/C20H17BrN2O2S/c1-12-3-8-16(22-13(2)24)17(11-12)23-20(25)19-10-9-18(26-19)14-4-6-15(21)7-5-14/h3-11H,1-2H3,(H,22,24)(H,23,25). The van der Waals surface area contributed by atoms with E-state index < -0.39 is 0 Å². The highest BCUT2D eigenvalue weighted by Crippen LogP contribution is 2.30. The maximum Gasteiger partial charge on any atom is 0.265 e. The van der Waals surface area contributed by atoms with Crippen LogP contribution in [-0.2, 0) is 4.79 Å². The van der Waals surface area contributed by atoms with Crippen LogP contribution in [0.25, 0.3) is 10.4 Å². The number of nitrogens with one attached hydrogen (secondary N) is 2. The van der Waals surface area contributed by atoms with E-state index >= 15 is 0 Å². The molecule has 1 heterocycles. The van der Waals surface area contributed by atoms with Crippen LogP contribution in [0, 0.1) is 6.92 Å². The van der Waals surface area contributed by atoms with E-state index in [1.165, 1.54) is 18.3 Å². The molecule has 4 nitrogen and oxygen atoms in total. The number of hydrogen-bond acceptors (Lipinski definition) is 3. The largest absolute Gasteiger partial charge is 0.325 e. The SMILES string of the molecule is CC(=O)Nc1ccc(C)cc1NC(=O)c1ccc(-c2ccc(Br)cc2)s1. The number of thiophene rings is 1. The van der Waals surface area contributed by atoms with Gasteiger partial charge in [-0.25, -0.2) is 0 Å². The third-order valence-corrected chi connectivity index (χ3v) is 5.35. The van der Waals surface area contributed by atoms with Crippen molar-refractivity contribution in [3.63, 3.8) is 0 Å². The van der Waals surface area contributed by atoms with E-state index in [0.29, 0.717) is 16.3 Å². The second kappa shape index (κ2) is 7.85. The molecule has 0 saturated carbocycles. The van der Waals surface area contributed by atoms with Crippen molar-refractivity contribution in [2.45, 2.75) is 13.8 Å². The summed E-state index contributed by atoms with van der Waals surface area (Å²) in [5.41, 5.74) is 3.23. The van der Waals surface area contributed by atoms with Crippen molar-refractivity contribution >= 4 is 50.5 Å². The molecule has 1 aromatic heterocycles. The quantitative estimate of drug-likeness (QED) is 0.559. The fraction of sp³-hybridized carbons (Fsp3) is 0.100. The Labute approximate surface area is 164 Å². The number of anilines is 2. The Morgan fingerprint density at radius 3 is 2.35 bits per heavy atom. The summed E-state index contributed by atoms with van der Waals surface area (Å²) in [6.45, 7) is 3.37. The van der Waals surface area contributed by atoms with Crippen molar-refractivity contribution < 1.29 is 9.59 Å². The molecule has 2 N–H and O–H groups in total. The first-order valence-corrected chi connectivity index (χ1v) is 9.59. The van der Waals surface area contributed by atoms with Crippen molar-refractivity contribution in [1.82, 2.24) is 0 Å². The molecule has 132 valence electrons. The second-order valence-electron chi connectivity index (χ2n) is 5.86. The van der Waals surface area contributed by atoms with E-state index in [0.717, 1.165) is 20.5 Å². The lowest BCUT2D eigenvalue weighted by Crippen LogP contribution is -2.14. The molecule has 0 radical (unpaired) electrons. The van der Waals surface area contributed by atoms with Gasteiger partial charge in [0.15, 0.2) is 0 Å². The predicted octanol–water partition coefficient (Wildman–Crippen LogP) is 5.70. The van der Waals surface area contributed by atoms with E-state index in [1.807, 2.05) is 55.5 Å². The van der Waals surface area contributed by atoms with Crippen LogP contribution in [0.5, 0.6) is 0 Å². The van der Waals surface area contributed by atoms with Gasteiger partial charge in [-0.05, 0) is 54.4 Å². The Kier molecular flexibility index (Phi) is 5.54. The van der Waals surface area contributed by atoms with Gasteiger partial charge in [0, 0.05) is 16.3 Å². The van der Waals surface area contributed by atoms with E-state index in [1.54, 1.807) is 6.07 Å². The third kappa shape index (κ3) is 4.39. The minimum absolute atomic E-state index is 0.182. The Morgan fingerprint density at radius 2 is 1.65 bits per heavy atom. The summed E-state index contributed by atoms with van der Waals surface area (Å²) in [6, 6.07) is 17.2. The van der Waals surface area contributed by atoms with Crippen molar-refractivity contribution in [2.75, 3.05) is 10.6 Å². The molecule has 0 aliphatic carbocycles. The van der Waals surface area contributed by atoms with Crippen LogP contribution >= 0.6 is 27.3 Å². The highest BCUT2D eigenvalue weighted by atomic mass is 79.9. The number of aryl methyl sites for hydroxylation is 1. The number of benzene rings is 2. The van der Waals surface area contributed by atoms with Crippen molar-refractivity contribution in [3.05, 3.63) is 69.5 Å². The number of hydrogen-bond donors (Lipinski definition) is 2. The normalized spacial score (nSPS) is 10.4. The zero-order valence-electron chi connectivity index (χ0n) is 14.3. The van der Waals surface area contributed by atoms with Gasteiger partial charge in [-0.1, -0.05) is 34.1 Å². The summed E-state index contributed by atoms with van der Waals surface area (Å²) in [7, 11) is 0. The molecule has 0 unspecified atom stereocenters. The molecule has 0 bridgehead atoms. The molecular formula is C20H17BrN2O2S. The monoisotopic (exact) mass is 428 g/mol. The van der Waals surface area contributed by atoms with Crippen LogP contribution < -0.4 is 10.6 Å². The molecule has 0 spiro atoms. The Hall–Kier alpha value is -2.44. The predicted molar refractivity (Wildman–Crippen MR) is 111 cm³/mol. The summed E-state index contributed by atoms with van der Waals surface area (Å²) in [5.74, 6) is -0.381. The van der Waals surface area contributed by atoms with Gasteiger partial charge < -0.3 is 10.6 Å². The third-order valence-electron chi connectivity index (χ3n) is 3.69. The molecule has 2 aromatic carbocycles. The Morgan fingerprint density at radius 1 is 0.923 bits per heavy atom. The van der Waals surface area contributed by atoms with Gasteiger partial charge >= 0.3 is 0 Å². The van der Waals surface area contributed by atoms with Crippen LogP contribution in [0.4, 0.5) is 11.4 Å². The zero-order chi connectivity index (χ0) is 18.7. The van der Waals surface area contributed by atoms with E-state index in [2.05, 4.69) is 26.6 Å². The minimum Gasteiger partial charge on any atom is -0.325 e. The average molecular weight is 429 g/mol. The van der Waals surface area contributed by atoms with Crippen LogP contribution in [0.1, 0.15) is 22.2 Å².